The Balaban J connectivity index is 2.93. The summed E-state index contributed by atoms with van der Waals surface area (Å²) in [5, 5.41) is 0.0858. The Morgan fingerprint density at radius 3 is 2.30 bits per heavy atom. The van der Waals surface area contributed by atoms with Gasteiger partial charge >= 0.3 is 0 Å². The largest absolute Gasteiger partial charge is 0.237 e. The Bertz CT molecular complexity index is 786. The summed E-state index contributed by atoms with van der Waals surface area (Å²) in [5.41, 5.74) is 0.217. The molecular formula is C12H14N2O4S2. The fraction of sp³-hybridized carbons (Fsp3) is 0.333. The van der Waals surface area contributed by atoms with Crippen LogP contribution >= 0.6 is 0 Å². The van der Waals surface area contributed by atoms with E-state index < -0.39 is 24.7 Å². The molecule has 0 saturated carbocycles. The molecule has 2 rings (SSSR count). The summed E-state index contributed by atoms with van der Waals surface area (Å²) in [6.07, 6.45) is 1.48. The molecule has 0 aliphatic rings. The van der Waals surface area contributed by atoms with Crippen LogP contribution in [-0.4, -0.2) is 38.3 Å². The number of fused-ring (bicyclic) bond motifs is 1. The Kier molecular flexibility index (Phi) is 3.79. The first-order chi connectivity index (χ1) is 9.31. The van der Waals surface area contributed by atoms with E-state index in [9.17, 15) is 16.8 Å². The van der Waals surface area contributed by atoms with Crippen molar-refractivity contribution in [3.8, 4) is 0 Å². The molecule has 0 saturated heterocycles. The third-order valence-corrected chi connectivity index (χ3v) is 6.44. The van der Waals surface area contributed by atoms with Gasteiger partial charge in [-0.3, -0.25) is 0 Å². The lowest BCUT2D eigenvalue weighted by Crippen LogP contribution is -2.15. The summed E-state index contributed by atoms with van der Waals surface area (Å²) in [5.74, 6) is -0.405. The van der Waals surface area contributed by atoms with Gasteiger partial charge in [0.25, 0.3) is 0 Å². The fourth-order valence-electron chi connectivity index (χ4n) is 1.71. The summed E-state index contributed by atoms with van der Waals surface area (Å²) >= 11 is 0. The minimum Gasteiger partial charge on any atom is -0.237 e. The maximum atomic E-state index is 12.1. The molecule has 0 aromatic carbocycles. The van der Waals surface area contributed by atoms with Crippen LogP contribution in [0.15, 0.2) is 34.3 Å². The standard InChI is InChI=1S/C12H14N2O4S2/c1-3-19(15,16)10-8-9-6-5-7-13-11(9)14-12(10)20(17,18)4-2/h5-8H,3-4H2,1-2H3. The summed E-state index contributed by atoms with van der Waals surface area (Å²) in [6.45, 7) is 2.91. The quantitative estimate of drug-likeness (QED) is 0.842. The van der Waals surface area contributed by atoms with Crippen LogP contribution < -0.4 is 0 Å². The van der Waals surface area contributed by atoms with Gasteiger partial charge in [0.05, 0.1) is 11.5 Å². The average Bonchev–Trinajstić information content (AvgIpc) is 2.45. The van der Waals surface area contributed by atoms with Crippen molar-refractivity contribution in [1.82, 2.24) is 9.97 Å². The molecule has 0 spiro atoms. The first-order valence-electron chi connectivity index (χ1n) is 6.03. The van der Waals surface area contributed by atoms with Crippen LogP contribution in [0.25, 0.3) is 11.0 Å². The molecule has 2 aromatic heterocycles. The lowest BCUT2D eigenvalue weighted by atomic mass is 10.3. The van der Waals surface area contributed by atoms with Crippen LogP contribution in [0.3, 0.4) is 0 Å². The lowest BCUT2D eigenvalue weighted by molar-refractivity contribution is 0.580. The van der Waals surface area contributed by atoms with Crippen LogP contribution in [0.4, 0.5) is 0 Å². The summed E-state index contributed by atoms with van der Waals surface area (Å²) < 4.78 is 48.4. The number of rotatable bonds is 4. The zero-order valence-corrected chi connectivity index (χ0v) is 12.7. The summed E-state index contributed by atoms with van der Waals surface area (Å²) in [6, 6.07) is 4.61. The van der Waals surface area contributed by atoms with Crippen LogP contribution in [0.1, 0.15) is 13.8 Å². The Hall–Kier alpha value is -1.54. The average molecular weight is 314 g/mol. The van der Waals surface area contributed by atoms with Gasteiger partial charge in [0.1, 0.15) is 4.90 Å². The van der Waals surface area contributed by atoms with E-state index in [1.807, 2.05) is 0 Å². The van der Waals surface area contributed by atoms with Gasteiger partial charge in [-0.25, -0.2) is 26.8 Å². The molecule has 0 radical (unpaired) electrons. The van der Waals surface area contributed by atoms with Crippen molar-refractivity contribution in [2.24, 2.45) is 0 Å². The Morgan fingerprint density at radius 2 is 1.70 bits per heavy atom. The Morgan fingerprint density at radius 1 is 1.05 bits per heavy atom. The topological polar surface area (TPSA) is 94.1 Å². The minimum atomic E-state index is -3.74. The lowest BCUT2D eigenvalue weighted by Gasteiger charge is -2.09. The van der Waals surface area contributed by atoms with Gasteiger partial charge in [-0.15, -0.1) is 0 Å². The van der Waals surface area contributed by atoms with E-state index >= 15 is 0 Å². The third-order valence-electron chi connectivity index (χ3n) is 2.91. The number of nitrogens with zero attached hydrogens (tertiary/aromatic N) is 2. The maximum Gasteiger partial charge on any atom is 0.196 e. The first kappa shape index (κ1) is 14.9. The van der Waals surface area contributed by atoms with E-state index in [0.717, 1.165) is 0 Å². The molecule has 0 atom stereocenters. The summed E-state index contributed by atoms with van der Waals surface area (Å²) in [4.78, 5) is 7.67. The number of sulfone groups is 2. The predicted molar refractivity (Wildman–Crippen MR) is 75.0 cm³/mol. The van der Waals surface area contributed by atoms with Crippen molar-refractivity contribution in [1.29, 1.82) is 0 Å². The minimum absolute atomic E-state index is 0.188. The van der Waals surface area contributed by atoms with E-state index in [0.29, 0.717) is 5.39 Å². The molecule has 0 bridgehead atoms. The van der Waals surface area contributed by atoms with Crippen LogP contribution in [-0.2, 0) is 19.7 Å². The normalized spacial score (nSPS) is 12.7. The van der Waals surface area contributed by atoms with Crippen molar-refractivity contribution in [3.05, 3.63) is 24.4 Å². The fourth-order valence-corrected chi connectivity index (χ4v) is 4.26. The predicted octanol–water partition coefficient (Wildman–Crippen LogP) is 1.22. The SMILES string of the molecule is CCS(=O)(=O)c1cc2cccnc2nc1S(=O)(=O)CC. The molecule has 6 nitrogen and oxygen atoms in total. The van der Waals surface area contributed by atoms with Gasteiger partial charge in [-0.2, -0.15) is 0 Å². The Labute approximate surface area is 117 Å². The second kappa shape index (κ2) is 5.10. The number of hydrogen-bond donors (Lipinski definition) is 0. The molecule has 8 heteroatoms. The van der Waals surface area contributed by atoms with E-state index in [1.165, 1.54) is 26.1 Å². The molecule has 0 unspecified atom stereocenters. The van der Waals surface area contributed by atoms with Crippen LogP contribution in [0, 0.1) is 0 Å². The van der Waals surface area contributed by atoms with E-state index in [4.69, 9.17) is 0 Å². The molecule has 2 aromatic rings. The highest BCUT2D eigenvalue weighted by atomic mass is 32.2. The summed E-state index contributed by atoms with van der Waals surface area (Å²) in [7, 11) is -7.43. The van der Waals surface area contributed by atoms with Crippen molar-refractivity contribution < 1.29 is 16.8 Å². The van der Waals surface area contributed by atoms with Crippen LogP contribution in [0.5, 0.6) is 0 Å². The highest BCUT2D eigenvalue weighted by Crippen LogP contribution is 2.25. The van der Waals surface area contributed by atoms with E-state index in [-0.39, 0.29) is 22.0 Å². The number of hydrogen-bond acceptors (Lipinski definition) is 6. The highest BCUT2D eigenvalue weighted by molar-refractivity contribution is 7.94. The highest BCUT2D eigenvalue weighted by Gasteiger charge is 2.27. The van der Waals surface area contributed by atoms with Crippen LogP contribution in [0.2, 0.25) is 0 Å². The third kappa shape index (κ3) is 2.53. The number of aromatic nitrogens is 2. The molecule has 0 amide bonds. The molecule has 108 valence electrons. The zero-order chi connectivity index (χ0) is 15.0. The molecular weight excluding hydrogens is 300 g/mol. The second-order valence-corrected chi connectivity index (χ2v) is 8.59. The van der Waals surface area contributed by atoms with E-state index in [1.54, 1.807) is 12.1 Å². The molecule has 0 aliphatic carbocycles. The van der Waals surface area contributed by atoms with Gasteiger partial charge in [0, 0.05) is 11.6 Å². The molecule has 2 heterocycles. The number of pyridine rings is 2. The molecule has 0 fully saturated rings. The van der Waals surface area contributed by atoms with Gasteiger partial charge in [0.15, 0.2) is 30.3 Å². The smallest absolute Gasteiger partial charge is 0.196 e. The molecule has 0 N–H and O–H groups in total. The van der Waals surface area contributed by atoms with Gasteiger partial charge in [-0.05, 0) is 18.2 Å². The molecule has 20 heavy (non-hydrogen) atoms. The molecule has 0 aliphatic heterocycles. The van der Waals surface area contributed by atoms with Gasteiger partial charge < -0.3 is 0 Å². The van der Waals surface area contributed by atoms with Crippen molar-refractivity contribution in [3.63, 3.8) is 0 Å². The zero-order valence-electron chi connectivity index (χ0n) is 11.1. The van der Waals surface area contributed by atoms with Crippen molar-refractivity contribution in [2.45, 2.75) is 23.8 Å². The van der Waals surface area contributed by atoms with Gasteiger partial charge in [0.2, 0.25) is 0 Å². The van der Waals surface area contributed by atoms with Crippen molar-refractivity contribution >= 4 is 30.7 Å². The van der Waals surface area contributed by atoms with Gasteiger partial charge in [-0.1, -0.05) is 13.8 Å². The van der Waals surface area contributed by atoms with Crippen molar-refractivity contribution in [2.75, 3.05) is 11.5 Å². The first-order valence-corrected chi connectivity index (χ1v) is 9.33. The second-order valence-electron chi connectivity index (χ2n) is 4.15. The maximum absolute atomic E-state index is 12.1. The van der Waals surface area contributed by atoms with E-state index in [2.05, 4.69) is 9.97 Å². The monoisotopic (exact) mass is 314 g/mol.